The third-order valence-corrected chi connectivity index (χ3v) is 6.45. The molecule has 0 aliphatic carbocycles. The SMILES string of the molecule is CC[C@H]1COCCN1c1cc(C(C)(C)S(C)(=O)=O)ccn1. The van der Waals surface area contributed by atoms with Gasteiger partial charge in [0.05, 0.1) is 24.0 Å². The summed E-state index contributed by atoms with van der Waals surface area (Å²) in [5.74, 6) is 0.833. The van der Waals surface area contributed by atoms with Crippen molar-refractivity contribution < 1.29 is 13.2 Å². The number of rotatable bonds is 4. The van der Waals surface area contributed by atoms with Crippen molar-refractivity contribution in [3.05, 3.63) is 23.9 Å². The first-order valence-corrected chi connectivity index (χ1v) is 9.17. The van der Waals surface area contributed by atoms with Gasteiger partial charge in [0.1, 0.15) is 5.82 Å². The Labute approximate surface area is 127 Å². The minimum Gasteiger partial charge on any atom is -0.377 e. The molecule has 0 saturated carbocycles. The van der Waals surface area contributed by atoms with Crippen molar-refractivity contribution in [2.24, 2.45) is 0 Å². The summed E-state index contributed by atoms with van der Waals surface area (Å²) in [5, 5.41) is 0. The lowest BCUT2D eigenvalue weighted by Gasteiger charge is -2.36. The first kappa shape index (κ1) is 16.2. The Morgan fingerprint density at radius 3 is 2.81 bits per heavy atom. The highest BCUT2D eigenvalue weighted by Crippen LogP contribution is 2.31. The predicted octanol–water partition coefficient (Wildman–Crippen LogP) is 1.98. The van der Waals surface area contributed by atoms with Gasteiger partial charge in [0, 0.05) is 19.0 Å². The summed E-state index contributed by atoms with van der Waals surface area (Å²) in [5.41, 5.74) is 0.774. The van der Waals surface area contributed by atoms with Crippen LogP contribution >= 0.6 is 0 Å². The fourth-order valence-corrected chi connectivity index (χ4v) is 3.01. The van der Waals surface area contributed by atoms with Crippen LogP contribution in [0.4, 0.5) is 5.82 Å². The van der Waals surface area contributed by atoms with Gasteiger partial charge >= 0.3 is 0 Å². The van der Waals surface area contributed by atoms with Crippen LogP contribution in [0.2, 0.25) is 0 Å². The third-order valence-electron chi connectivity index (χ3n) is 4.36. The molecular weight excluding hydrogens is 288 g/mol. The van der Waals surface area contributed by atoms with Gasteiger partial charge in [-0.15, -0.1) is 0 Å². The van der Waals surface area contributed by atoms with E-state index in [0.717, 1.165) is 24.3 Å². The van der Waals surface area contributed by atoms with Crippen LogP contribution in [0.5, 0.6) is 0 Å². The van der Waals surface area contributed by atoms with Crippen LogP contribution in [0.15, 0.2) is 18.3 Å². The van der Waals surface area contributed by atoms with Crippen LogP contribution < -0.4 is 4.90 Å². The molecule has 0 bridgehead atoms. The Morgan fingerprint density at radius 1 is 1.48 bits per heavy atom. The van der Waals surface area contributed by atoms with Gasteiger partial charge in [-0.2, -0.15) is 0 Å². The van der Waals surface area contributed by atoms with Gasteiger partial charge in [-0.3, -0.25) is 0 Å². The summed E-state index contributed by atoms with van der Waals surface area (Å²) in [6.07, 6.45) is 3.94. The fraction of sp³-hybridized carbons (Fsp3) is 0.667. The van der Waals surface area contributed by atoms with Gasteiger partial charge in [-0.05, 0) is 38.0 Å². The highest BCUT2D eigenvalue weighted by atomic mass is 32.2. The summed E-state index contributed by atoms with van der Waals surface area (Å²) in [4.78, 5) is 6.65. The molecule has 1 aromatic heterocycles. The molecule has 0 amide bonds. The largest absolute Gasteiger partial charge is 0.377 e. The number of anilines is 1. The number of sulfone groups is 1. The molecule has 1 aliphatic heterocycles. The summed E-state index contributed by atoms with van der Waals surface area (Å²) in [6, 6.07) is 3.98. The molecular formula is C15H24N2O3S. The van der Waals surface area contributed by atoms with Crippen molar-refractivity contribution in [3.63, 3.8) is 0 Å². The van der Waals surface area contributed by atoms with Gasteiger partial charge in [0.2, 0.25) is 0 Å². The van der Waals surface area contributed by atoms with Gasteiger partial charge in [-0.1, -0.05) is 6.92 Å². The number of nitrogens with zero attached hydrogens (tertiary/aromatic N) is 2. The second-order valence-electron chi connectivity index (χ2n) is 6.02. The number of hydrogen-bond acceptors (Lipinski definition) is 5. The third kappa shape index (κ3) is 3.21. The van der Waals surface area contributed by atoms with E-state index < -0.39 is 14.6 Å². The van der Waals surface area contributed by atoms with E-state index in [1.54, 1.807) is 26.1 Å². The molecule has 2 heterocycles. The molecule has 0 spiro atoms. The number of pyridine rings is 1. The first-order valence-electron chi connectivity index (χ1n) is 7.28. The lowest BCUT2D eigenvalue weighted by molar-refractivity contribution is 0.0925. The minimum atomic E-state index is -3.19. The van der Waals surface area contributed by atoms with Crippen molar-refractivity contribution >= 4 is 15.7 Å². The Kier molecular flexibility index (Phi) is 4.58. The number of morpholine rings is 1. The molecule has 0 aromatic carbocycles. The molecule has 1 aromatic rings. The molecule has 6 heteroatoms. The van der Waals surface area contributed by atoms with Crippen molar-refractivity contribution in [1.29, 1.82) is 0 Å². The molecule has 5 nitrogen and oxygen atoms in total. The standard InChI is InChI=1S/C15H24N2O3S/c1-5-13-11-20-9-8-17(13)14-10-12(6-7-16-14)15(2,3)21(4,18)19/h6-7,10,13H,5,8-9,11H2,1-4H3/t13-/m0/s1. The number of hydrogen-bond donors (Lipinski definition) is 0. The summed E-state index contributed by atoms with van der Waals surface area (Å²) >= 11 is 0. The van der Waals surface area contributed by atoms with E-state index in [1.165, 1.54) is 6.26 Å². The first-order chi connectivity index (χ1) is 9.77. The minimum absolute atomic E-state index is 0.294. The second kappa shape index (κ2) is 5.93. The monoisotopic (exact) mass is 312 g/mol. The Morgan fingerprint density at radius 2 is 2.19 bits per heavy atom. The van der Waals surface area contributed by atoms with Gasteiger partial charge < -0.3 is 9.64 Å². The summed E-state index contributed by atoms with van der Waals surface area (Å²) < 4.78 is 28.6. The topological polar surface area (TPSA) is 59.5 Å². The highest BCUT2D eigenvalue weighted by Gasteiger charge is 2.33. The Balaban J connectivity index is 2.38. The van der Waals surface area contributed by atoms with Crippen molar-refractivity contribution in [2.45, 2.75) is 38.0 Å². The molecule has 2 rings (SSSR count). The van der Waals surface area contributed by atoms with Crippen LogP contribution in [0.1, 0.15) is 32.8 Å². The molecule has 21 heavy (non-hydrogen) atoms. The normalized spacial score (nSPS) is 20.6. The maximum atomic E-state index is 12.0. The quantitative estimate of drug-likeness (QED) is 0.851. The molecule has 1 fully saturated rings. The maximum absolute atomic E-state index is 12.0. The fourth-order valence-electron chi connectivity index (χ4n) is 2.46. The lowest BCUT2D eigenvalue weighted by atomic mass is 10.0. The zero-order valence-electron chi connectivity index (χ0n) is 13.2. The second-order valence-corrected chi connectivity index (χ2v) is 8.58. The van der Waals surface area contributed by atoms with E-state index in [4.69, 9.17) is 4.74 Å². The molecule has 1 saturated heterocycles. The maximum Gasteiger partial charge on any atom is 0.156 e. The average Bonchev–Trinajstić information content (AvgIpc) is 2.46. The van der Waals surface area contributed by atoms with E-state index in [0.29, 0.717) is 19.3 Å². The highest BCUT2D eigenvalue weighted by molar-refractivity contribution is 7.91. The van der Waals surface area contributed by atoms with E-state index >= 15 is 0 Å². The van der Waals surface area contributed by atoms with E-state index in [2.05, 4.69) is 16.8 Å². The average molecular weight is 312 g/mol. The van der Waals surface area contributed by atoms with E-state index in [-0.39, 0.29) is 0 Å². The molecule has 0 unspecified atom stereocenters. The summed E-state index contributed by atoms with van der Waals surface area (Å²) in [7, 11) is -3.19. The summed E-state index contributed by atoms with van der Waals surface area (Å²) in [6.45, 7) is 7.75. The smallest absolute Gasteiger partial charge is 0.156 e. The molecule has 1 aliphatic rings. The molecule has 118 valence electrons. The zero-order valence-corrected chi connectivity index (χ0v) is 14.0. The van der Waals surface area contributed by atoms with Crippen molar-refractivity contribution in [2.75, 3.05) is 30.9 Å². The van der Waals surface area contributed by atoms with Crippen molar-refractivity contribution in [1.82, 2.24) is 4.98 Å². The van der Waals surface area contributed by atoms with Crippen LogP contribution in [-0.4, -0.2) is 45.5 Å². The van der Waals surface area contributed by atoms with E-state index in [1.807, 2.05) is 6.07 Å². The Bertz CT molecular complexity index is 599. The van der Waals surface area contributed by atoms with Gasteiger partial charge in [0.25, 0.3) is 0 Å². The van der Waals surface area contributed by atoms with Crippen LogP contribution in [0.3, 0.4) is 0 Å². The lowest BCUT2D eigenvalue weighted by Crippen LogP contribution is -2.45. The van der Waals surface area contributed by atoms with Gasteiger partial charge in [0.15, 0.2) is 9.84 Å². The number of ether oxygens (including phenoxy) is 1. The van der Waals surface area contributed by atoms with Crippen molar-refractivity contribution in [3.8, 4) is 0 Å². The zero-order chi connectivity index (χ0) is 15.7. The van der Waals surface area contributed by atoms with Gasteiger partial charge in [-0.25, -0.2) is 13.4 Å². The number of aromatic nitrogens is 1. The molecule has 0 N–H and O–H groups in total. The Hall–Kier alpha value is -1.14. The molecule has 1 atom stereocenters. The van der Waals surface area contributed by atoms with Crippen LogP contribution in [-0.2, 0) is 19.3 Å². The van der Waals surface area contributed by atoms with Crippen LogP contribution in [0.25, 0.3) is 0 Å². The predicted molar refractivity (Wildman–Crippen MR) is 84.4 cm³/mol. The molecule has 0 radical (unpaired) electrons. The van der Waals surface area contributed by atoms with E-state index in [9.17, 15) is 8.42 Å². The van der Waals surface area contributed by atoms with Crippen LogP contribution in [0, 0.1) is 0 Å².